The van der Waals surface area contributed by atoms with Crippen LogP contribution in [0.1, 0.15) is 25.0 Å². The Labute approximate surface area is 170 Å². The molecule has 2 aromatic carbocycles. The lowest BCUT2D eigenvalue weighted by Crippen LogP contribution is -2.20. The lowest BCUT2D eigenvalue weighted by atomic mass is 10.1. The van der Waals surface area contributed by atoms with Gasteiger partial charge >= 0.3 is 0 Å². The summed E-state index contributed by atoms with van der Waals surface area (Å²) in [5.74, 6) is 0.641. The molecule has 0 heterocycles. The molecule has 2 aromatic rings. The van der Waals surface area contributed by atoms with Crippen LogP contribution in [0, 0.1) is 10.1 Å². The second-order valence-corrected chi connectivity index (χ2v) is 6.91. The molecule has 0 atom stereocenters. The molecule has 0 aliphatic heterocycles. The fraction of sp³-hybridized carbons (Fsp3) is 0.263. The van der Waals surface area contributed by atoms with Gasteiger partial charge in [0.05, 0.1) is 35.2 Å². The zero-order valence-corrected chi connectivity index (χ0v) is 17.2. The molecule has 0 bridgehead atoms. The average molecular weight is 450 g/mol. The van der Waals surface area contributed by atoms with Crippen molar-refractivity contribution in [2.75, 3.05) is 7.11 Å². The van der Waals surface area contributed by atoms with Crippen molar-refractivity contribution in [1.82, 2.24) is 5.43 Å². The zero-order valence-electron chi connectivity index (χ0n) is 15.6. The third-order valence-corrected chi connectivity index (χ3v) is 4.14. The Hall–Kier alpha value is -2.94. The quantitative estimate of drug-likeness (QED) is 0.374. The van der Waals surface area contributed by atoms with Crippen molar-refractivity contribution in [3.63, 3.8) is 0 Å². The summed E-state index contributed by atoms with van der Waals surface area (Å²) < 4.78 is 11.8. The van der Waals surface area contributed by atoms with Crippen molar-refractivity contribution in [3.8, 4) is 11.5 Å². The molecule has 0 spiro atoms. The molecular weight excluding hydrogens is 430 g/mol. The van der Waals surface area contributed by atoms with Gasteiger partial charge in [0.25, 0.3) is 5.69 Å². The van der Waals surface area contributed by atoms with Crippen LogP contribution in [-0.4, -0.2) is 30.3 Å². The van der Waals surface area contributed by atoms with Crippen LogP contribution in [0.15, 0.2) is 46.0 Å². The Bertz CT molecular complexity index is 899. The number of benzene rings is 2. The summed E-state index contributed by atoms with van der Waals surface area (Å²) in [4.78, 5) is 22.5. The van der Waals surface area contributed by atoms with Gasteiger partial charge < -0.3 is 9.47 Å². The van der Waals surface area contributed by atoms with E-state index in [1.54, 1.807) is 24.3 Å². The first kappa shape index (κ1) is 21.4. The molecular formula is C19H20BrN3O5. The highest BCUT2D eigenvalue weighted by Gasteiger charge is 2.15. The summed E-state index contributed by atoms with van der Waals surface area (Å²) in [6.45, 7) is 3.82. The Morgan fingerprint density at radius 3 is 2.71 bits per heavy atom. The minimum atomic E-state index is -0.517. The maximum Gasteiger partial charge on any atom is 0.273 e. The van der Waals surface area contributed by atoms with E-state index < -0.39 is 10.8 Å². The number of amides is 1. The van der Waals surface area contributed by atoms with Gasteiger partial charge in [0.1, 0.15) is 0 Å². The maximum absolute atomic E-state index is 12.0. The number of rotatable bonds is 8. The molecule has 9 heteroatoms. The van der Waals surface area contributed by atoms with E-state index in [2.05, 4.69) is 26.5 Å². The summed E-state index contributed by atoms with van der Waals surface area (Å²) in [7, 11) is 1.53. The molecule has 8 nitrogen and oxygen atoms in total. The minimum Gasteiger partial charge on any atom is -0.493 e. The fourth-order valence-electron chi connectivity index (χ4n) is 2.39. The predicted molar refractivity (Wildman–Crippen MR) is 109 cm³/mol. The SMILES string of the molecule is COc1cc(C=NNC(=O)Cc2ccccc2[N+](=O)[O-])cc(Br)c1OC(C)C. The number of carbonyl (C=O) groups is 1. The number of nitrogens with one attached hydrogen (secondary N) is 1. The standard InChI is InChI=1S/C19H20BrN3O5/c1-12(2)28-19-15(20)8-13(9-17(19)27-3)11-21-22-18(24)10-14-6-4-5-7-16(14)23(25)26/h4-9,11-12H,10H2,1-3H3,(H,22,24). The summed E-state index contributed by atoms with van der Waals surface area (Å²) >= 11 is 3.44. The van der Waals surface area contributed by atoms with E-state index >= 15 is 0 Å². The highest BCUT2D eigenvalue weighted by atomic mass is 79.9. The van der Waals surface area contributed by atoms with E-state index in [0.717, 1.165) is 0 Å². The van der Waals surface area contributed by atoms with E-state index in [4.69, 9.17) is 9.47 Å². The van der Waals surface area contributed by atoms with Gasteiger partial charge in [-0.25, -0.2) is 5.43 Å². The molecule has 0 unspecified atom stereocenters. The second kappa shape index (κ2) is 9.84. The lowest BCUT2D eigenvalue weighted by Gasteiger charge is -2.15. The van der Waals surface area contributed by atoms with Gasteiger partial charge in [0.2, 0.25) is 5.91 Å². The predicted octanol–water partition coefficient (Wildman–Crippen LogP) is 3.85. The minimum absolute atomic E-state index is 0.0222. The molecule has 0 radical (unpaired) electrons. The van der Waals surface area contributed by atoms with Gasteiger partial charge in [-0.15, -0.1) is 0 Å². The number of nitro benzene ring substituents is 1. The van der Waals surface area contributed by atoms with Crippen molar-refractivity contribution in [1.29, 1.82) is 0 Å². The van der Waals surface area contributed by atoms with E-state index in [-0.39, 0.29) is 18.2 Å². The Kier molecular flexibility index (Phi) is 7.51. The van der Waals surface area contributed by atoms with E-state index in [9.17, 15) is 14.9 Å². The topological polar surface area (TPSA) is 103 Å². The van der Waals surface area contributed by atoms with Gasteiger partial charge in [0.15, 0.2) is 11.5 Å². The van der Waals surface area contributed by atoms with Crippen LogP contribution in [0.3, 0.4) is 0 Å². The largest absolute Gasteiger partial charge is 0.493 e. The van der Waals surface area contributed by atoms with Crippen molar-refractivity contribution >= 4 is 33.7 Å². The molecule has 28 heavy (non-hydrogen) atoms. The van der Waals surface area contributed by atoms with Crippen LogP contribution in [0.25, 0.3) is 0 Å². The van der Waals surface area contributed by atoms with Crippen LogP contribution < -0.4 is 14.9 Å². The number of ether oxygens (including phenoxy) is 2. The van der Waals surface area contributed by atoms with Gasteiger partial charge in [-0.05, 0) is 47.5 Å². The van der Waals surface area contributed by atoms with E-state index in [0.29, 0.717) is 27.1 Å². The number of hydrogen-bond acceptors (Lipinski definition) is 6. The first-order valence-electron chi connectivity index (χ1n) is 8.40. The summed E-state index contributed by atoms with van der Waals surface area (Å²) in [6.07, 6.45) is 1.28. The van der Waals surface area contributed by atoms with E-state index in [1.165, 1.54) is 25.5 Å². The Morgan fingerprint density at radius 2 is 2.07 bits per heavy atom. The zero-order chi connectivity index (χ0) is 20.7. The number of nitrogens with zero attached hydrogens (tertiary/aromatic N) is 2. The lowest BCUT2D eigenvalue weighted by molar-refractivity contribution is -0.385. The molecule has 0 saturated heterocycles. The second-order valence-electron chi connectivity index (χ2n) is 6.06. The molecule has 0 aliphatic carbocycles. The number of hydrogen-bond donors (Lipinski definition) is 1. The first-order chi connectivity index (χ1) is 13.3. The van der Waals surface area contributed by atoms with Gasteiger partial charge in [-0.3, -0.25) is 14.9 Å². The molecule has 0 fully saturated rings. The summed E-state index contributed by atoms with van der Waals surface area (Å²) in [5.41, 5.74) is 3.26. The third kappa shape index (κ3) is 5.78. The Balaban J connectivity index is 2.07. The van der Waals surface area contributed by atoms with Crippen LogP contribution >= 0.6 is 15.9 Å². The van der Waals surface area contributed by atoms with Crippen LogP contribution in [-0.2, 0) is 11.2 Å². The van der Waals surface area contributed by atoms with Crippen molar-refractivity contribution in [3.05, 3.63) is 62.1 Å². The average Bonchev–Trinajstić information content (AvgIpc) is 2.63. The molecule has 1 amide bonds. The smallest absolute Gasteiger partial charge is 0.273 e. The Morgan fingerprint density at radius 1 is 1.36 bits per heavy atom. The normalized spacial score (nSPS) is 10.9. The van der Waals surface area contributed by atoms with Crippen molar-refractivity contribution < 1.29 is 19.2 Å². The number of halogens is 1. The van der Waals surface area contributed by atoms with Crippen molar-refractivity contribution in [2.45, 2.75) is 26.4 Å². The number of carbonyl (C=O) groups excluding carboxylic acids is 1. The highest BCUT2D eigenvalue weighted by Crippen LogP contribution is 2.36. The molecule has 0 aromatic heterocycles. The molecule has 0 saturated carbocycles. The van der Waals surface area contributed by atoms with Crippen LogP contribution in [0.5, 0.6) is 11.5 Å². The molecule has 148 valence electrons. The first-order valence-corrected chi connectivity index (χ1v) is 9.19. The van der Waals surface area contributed by atoms with Gasteiger partial charge in [0, 0.05) is 11.6 Å². The van der Waals surface area contributed by atoms with Gasteiger partial charge in [-0.2, -0.15) is 5.10 Å². The van der Waals surface area contributed by atoms with E-state index in [1.807, 2.05) is 13.8 Å². The molecule has 2 rings (SSSR count). The summed E-state index contributed by atoms with van der Waals surface area (Å²) in [6, 6.07) is 9.59. The number of methoxy groups -OCH3 is 1. The number of para-hydroxylation sites is 1. The molecule has 0 aliphatic rings. The van der Waals surface area contributed by atoms with Crippen molar-refractivity contribution in [2.24, 2.45) is 5.10 Å². The molecule has 1 N–H and O–H groups in total. The third-order valence-electron chi connectivity index (χ3n) is 3.55. The number of nitro groups is 1. The monoisotopic (exact) mass is 449 g/mol. The number of hydrazone groups is 1. The fourth-order valence-corrected chi connectivity index (χ4v) is 2.95. The summed E-state index contributed by atoms with van der Waals surface area (Å²) in [5, 5.41) is 14.9. The van der Waals surface area contributed by atoms with Crippen LogP contribution in [0.4, 0.5) is 5.69 Å². The van der Waals surface area contributed by atoms with Crippen LogP contribution in [0.2, 0.25) is 0 Å². The highest BCUT2D eigenvalue weighted by molar-refractivity contribution is 9.10. The maximum atomic E-state index is 12.0. The van der Waals surface area contributed by atoms with Gasteiger partial charge in [-0.1, -0.05) is 18.2 Å².